The predicted octanol–water partition coefficient (Wildman–Crippen LogP) is 12.5. The lowest BCUT2D eigenvalue weighted by molar-refractivity contribution is 0.447. The van der Waals surface area contributed by atoms with Crippen LogP contribution in [-0.2, 0) is 5.41 Å². The maximum Gasteiger partial charge on any atom is 0.155 e. The molecule has 54 heavy (non-hydrogen) atoms. The van der Waals surface area contributed by atoms with Gasteiger partial charge in [-0.15, -0.1) is 0 Å². The third-order valence-corrected chi connectivity index (χ3v) is 11.9. The average Bonchev–Trinajstić information content (AvgIpc) is 3.54. The highest BCUT2D eigenvalue weighted by Gasteiger charge is 2.52. The summed E-state index contributed by atoms with van der Waals surface area (Å²) >= 11 is 0. The van der Waals surface area contributed by atoms with Gasteiger partial charge in [-0.1, -0.05) is 183 Å². The lowest BCUT2D eigenvalue weighted by atomic mass is 9.65. The zero-order valence-corrected chi connectivity index (χ0v) is 29.9. The first kappa shape index (κ1) is 31.0. The number of ether oxygens (including phenoxy) is 1. The summed E-state index contributed by atoms with van der Waals surface area (Å²) in [5, 5.41) is 4.56. The molecule has 1 spiro atoms. The first-order valence-corrected chi connectivity index (χ1v) is 19.0. The van der Waals surface area contributed by atoms with Gasteiger partial charge in [0.1, 0.15) is 11.5 Å². The summed E-state index contributed by atoms with van der Waals surface area (Å²) < 4.78 is 7.19. The maximum atomic E-state index is 7.19. The Morgan fingerprint density at radius 3 is 1.78 bits per heavy atom. The molecule has 8 aromatic rings. The maximum absolute atomic E-state index is 7.19. The second-order valence-corrected chi connectivity index (χ2v) is 14.6. The van der Waals surface area contributed by atoms with Gasteiger partial charge in [0.05, 0.1) is 17.2 Å². The number of amidine groups is 1. The van der Waals surface area contributed by atoms with E-state index in [9.17, 15) is 0 Å². The Labute approximate surface area is 315 Å². The van der Waals surface area contributed by atoms with E-state index < -0.39 is 5.41 Å². The first-order valence-electron chi connectivity index (χ1n) is 19.0. The molecular weight excluding hydrogens is 657 g/mol. The minimum absolute atomic E-state index is 0.0670. The van der Waals surface area contributed by atoms with Gasteiger partial charge in [-0.2, -0.15) is 0 Å². The van der Waals surface area contributed by atoms with Crippen LogP contribution in [-0.4, -0.2) is 11.5 Å². The van der Waals surface area contributed by atoms with Crippen molar-refractivity contribution in [2.75, 3.05) is 0 Å². The summed E-state index contributed by atoms with van der Waals surface area (Å²) in [7, 11) is 0. The van der Waals surface area contributed by atoms with Crippen LogP contribution in [0.4, 0.5) is 0 Å². The van der Waals surface area contributed by atoms with E-state index in [1.165, 1.54) is 44.5 Å². The summed E-state index contributed by atoms with van der Waals surface area (Å²) in [5.74, 6) is 2.71. The third-order valence-electron chi connectivity index (χ3n) is 11.9. The van der Waals surface area contributed by atoms with E-state index in [4.69, 9.17) is 14.7 Å². The molecule has 0 N–H and O–H groups in total. The molecule has 256 valence electrons. The van der Waals surface area contributed by atoms with Crippen molar-refractivity contribution in [2.45, 2.75) is 24.8 Å². The highest BCUT2D eigenvalue weighted by Crippen LogP contribution is 2.64. The molecule has 11 rings (SSSR count). The second-order valence-electron chi connectivity index (χ2n) is 14.6. The zero-order valence-electron chi connectivity index (χ0n) is 29.9. The van der Waals surface area contributed by atoms with Crippen LogP contribution in [0.25, 0.3) is 32.7 Å². The van der Waals surface area contributed by atoms with Gasteiger partial charge in [0.15, 0.2) is 5.84 Å². The first-order chi connectivity index (χ1) is 26.8. The van der Waals surface area contributed by atoms with E-state index in [2.05, 4.69) is 183 Å². The Morgan fingerprint density at radius 1 is 0.519 bits per heavy atom. The fourth-order valence-electron chi connectivity index (χ4n) is 9.62. The molecule has 0 amide bonds. The summed E-state index contributed by atoms with van der Waals surface area (Å²) in [5.41, 5.74) is 11.2. The number of hydrogen-bond acceptors (Lipinski definition) is 3. The molecule has 0 aromatic heterocycles. The number of hydrogen-bond donors (Lipinski definition) is 0. The number of benzene rings is 8. The number of rotatable bonds is 4. The van der Waals surface area contributed by atoms with Crippen molar-refractivity contribution in [1.82, 2.24) is 0 Å². The molecule has 1 aliphatic carbocycles. The Kier molecular flexibility index (Phi) is 6.87. The minimum Gasteiger partial charge on any atom is -0.455 e. The van der Waals surface area contributed by atoms with Gasteiger partial charge >= 0.3 is 0 Å². The lowest BCUT2D eigenvalue weighted by Crippen LogP contribution is -2.32. The summed E-state index contributed by atoms with van der Waals surface area (Å²) in [6, 6.07) is 63.4. The molecule has 2 heterocycles. The molecular formula is C51H36N2O. The topological polar surface area (TPSA) is 34.0 Å². The summed E-state index contributed by atoms with van der Waals surface area (Å²) in [4.78, 5) is 10.9. The monoisotopic (exact) mass is 692 g/mol. The summed E-state index contributed by atoms with van der Waals surface area (Å²) in [6.45, 7) is 2.28. The van der Waals surface area contributed by atoms with Gasteiger partial charge in [0, 0.05) is 38.9 Å². The molecule has 3 nitrogen and oxygen atoms in total. The van der Waals surface area contributed by atoms with Crippen molar-refractivity contribution in [3.63, 3.8) is 0 Å². The fourth-order valence-corrected chi connectivity index (χ4v) is 9.62. The van der Waals surface area contributed by atoms with Crippen molar-refractivity contribution in [3.05, 3.63) is 215 Å². The van der Waals surface area contributed by atoms with Crippen molar-refractivity contribution in [1.29, 1.82) is 0 Å². The van der Waals surface area contributed by atoms with E-state index in [0.29, 0.717) is 0 Å². The van der Waals surface area contributed by atoms with E-state index >= 15 is 0 Å². The standard InChI is InChI=1S/C51H36N2O/c1-2-36-46(34-18-5-3-6-19-34)52-50(35-20-7-4-8-21-35)53-47(36)40-25-15-27-42-45(40)39-24-13-14-26-41(39)51(42)43-30-28-32-16-9-11-22-37(32)48(43)54-49-38-23-12-10-17-33(38)29-31-44(49)51/h3-31,36,46H,2H2,1H3/t36-,46?/m0/s1. The van der Waals surface area contributed by atoms with Crippen molar-refractivity contribution in [3.8, 4) is 22.6 Å². The van der Waals surface area contributed by atoms with Crippen molar-refractivity contribution < 1.29 is 4.74 Å². The van der Waals surface area contributed by atoms with Gasteiger partial charge in [-0.05, 0) is 45.0 Å². The molecule has 0 fully saturated rings. The van der Waals surface area contributed by atoms with Crippen LogP contribution >= 0.6 is 0 Å². The van der Waals surface area contributed by atoms with E-state index in [-0.39, 0.29) is 12.0 Å². The van der Waals surface area contributed by atoms with Crippen LogP contribution in [0.5, 0.6) is 11.5 Å². The molecule has 3 aliphatic rings. The Hall–Kier alpha value is -6.58. The Morgan fingerprint density at radius 2 is 1.09 bits per heavy atom. The lowest BCUT2D eigenvalue weighted by Gasteiger charge is -2.40. The Bertz CT molecular complexity index is 2770. The number of aliphatic imine (C=N–C) groups is 2. The number of fused-ring (bicyclic) bond motifs is 13. The highest BCUT2D eigenvalue weighted by molar-refractivity contribution is 6.18. The van der Waals surface area contributed by atoms with Gasteiger partial charge in [-0.25, -0.2) is 4.99 Å². The minimum atomic E-state index is -0.620. The fraction of sp³-hybridized carbons (Fsp3) is 0.0980. The second kappa shape index (κ2) is 12.0. The van der Waals surface area contributed by atoms with E-state index in [0.717, 1.165) is 56.6 Å². The Balaban J connectivity index is 1.24. The molecule has 1 unspecified atom stereocenters. The molecule has 8 aromatic carbocycles. The molecule has 3 heteroatoms. The quantitative estimate of drug-likeness (QED) is 0.181. The normalized spacial score (nSPS) is 17.6. The van der Waals surface area contributed by atoms with E-state index in [1.807, 2.05) is 0 Å². The zero-order chi connectivity index (χ0) is 35.8. The molecule has 0 saturated heterocycles. The SMILES string of the molecule is CC[C@@H]1C(c2cccc3c2-c2ccccc2C32c3ccc4ccccc4c3Oc3c2ccc2ccccc32)=NC(c2ccccc2)=NC1c1ccccc1. The van der Waals surface area contributed by atoms with Gasteiger partial charge < -0.3 is 4.74 Å². The van der Waals surface area contributed by atoms with Crippen LogP contribution in [0, 0.1) is 5.92 Å². The largest absolute Gasteiger partial charge is 0.455 e. The van der Waals surface area contributed by atoms with Crippen LogP contribution in [0.1, 0.15) is 58.3 Å². The van der Waals surface area contributed by atoms with Crippen LogP contribution in [0.15, 0.2) is 186 Å². The van der Waals surface area contributed by atoms with Gasteiger partial charge in [-0.3, -0.25) is 4.99 Å². The average molecular weight is 693 g/mol. The molecule has 0 saturated carbocycles. The van der Waals surface area contributed by atoms with Gasteiger partial charge in [0.2, 0.25) is 0 Å². The van der Waals surface area contributed by atoms with Gasteiger partial charge in [0.25, 0.3) is 0 Å². The predicted molar refractivity (Wildman–Crippen MR) is 221 cm³/mol. The smallest absolute Gasteiger partial charge is 0.155 e. The molecule has 2 aliphatic heterocycles. The van der Waals surface area contributed by atoms with Crippen molar-refractivity contribution >= 4 is 33.1 Å². The van der Waals surface area contributed by atoms with E-state index in [1.54, 1.807) is 0 Å². The third kappa shape index (κ3) is 4.30. The molecule has 0 bridgehead atoms. The molecule has 0 radical (unpaired) electrons. The van der Waals surface area contributed by atoms with Crippen LogP contribution < -0.4 is 4.74 Å². The van der Waals surface area contributed by atoms with Crippen LogP contribution in [0.2, 0.25) is 0 Å². The van der Waals surface area contributed by atoms with Crippen molar-refractivity contribution in [2.24, 2.45) is 15.9 Å². The summed E-state index contributed by atoms with van der Waals surface area (Å²) in [6.07, 6.45) is 0.901. The highest BCUT2D eigenvalue weighted by atomic mass is 16.5. The van der Waals surface area contributed by atoms with Crippen LogP contribution in [0.3, 0.4) is 0 Å². The number of nitrogens with zero attached hydrogens (tertiary/aromatic N) is 2. The molecule has 2 atom stereocenters.